The topological polar surface area (TPSA) is 85.1 Å². The highest BCUT2D eigenvalue weighted by atomic mass is 79.9. The van der Waals surface area contributed by atoms with Crippen LogP contribution in [0.3, 0.4) is 0 Å². The van der Waals surface area contributed by atoms with Crippen LogP contribution in [0.4, 0.5) is 16.0 Å². The highest BCUT2D eigenvalue weighted by Gasteiger charge is 2.17. The minimum Gasteiger partial charge on any atom is -0.319 e. The summed E-state index contributed by atoms with van der Waals surface area (Å²) in [6.07, 6.45) is 1.42. The molecule has 0 bridgehead atoms. The van der Waals surface area contributed by atoms with Crippen molar-refractivity contribution in [2.45, 2.75) is 0 Å². The summed E-state index contributed by atoms with van der Waals surface area (Å²) in [6, 6.07) is 14.7. The zero-order valence-corrected chi connectivity index (χ0v) is 18.7. The Morgan fingerprint density at radius 2 is 1.87 bits per heavy atom. The van der Waals surface area contributed by atoms with Crippen molar-refractivity contribution < 1.29 is 4.39 Å². The van der Waals surface area contributed by atoms with Crippen LogP contribution in [0.5, 0.6) is 0 Å². The molecule has 0 fully saturated rings. The molecule has 0 atom stereocenters. The smallest absolute Gasteiger partial charge is 0.293 e. The predicted octanol–water partition coefficient (Wildman–Crippen LogP) is 5.11. The first-order valence-electron chi connectivity index (χ1n) is 9.03. The van der Waals surface area contributed by atoms with Crippen molar-refractivity contribution in [1.82, 2.24) is 24.6 Å². The Bertz CT molecular complexity index is 1540. The van der Waals surface area contributed by atoms with E-state index in [1.807, 2.05) is 12.1 Å². The van der Waals surface area contributed by atoms with Crippen LogP contribution >= 0.6 is 31.9 Å². The van der Waals surface area contributed by atoms with E-state index >= 15 is 0 Å². The van der Waals surface area contributed by atoms with Crippen LogP contribution in [0.1, 0.15) is 0 Å². The Hall–Kier alpha value is -3.24. The first-order chi connectivity index (χ1) is 15.0. The van der Waals surface area contributed by atoms with Gasteiger partial charge in [-0.25, -0.2) is 19.3 Å². The molecule has 5 rings (SSSR count). The van der Waals surface area contributed by atoms with Crippen molar-refractivity contribution >= 4 is 60.0 Å². The number of nitrogens with zero attached hydrogens (tertiary/aromatic N) is 5. The third kappa shape index (κ3) is 3.68. The van der Waals surface area contributed by atoms with Crippen molar-refractivity contribution in [3.8, 4) is 11.4 Å². The second-order valence-corrected chi connectivity index (χ2v) is 8.34. The number of anilines is 2. The van der Waals surface area contributed by atoms with Crippen LogP contribution in [0.2, 0.25) is 0 Å². The summed E-state index contributed by atoms with van der Waals surface area (Å²) in [5.41, 5.74) is 1.43. The van der Waals surface area contributed by atoms with Crippen LogP contribution in [-0.4, -0.2) is 24.6 Å². The first-order valence-corrected chi connectivity index (χ1v) is 10.6. The largest absolute Gasteiger partial charge is 0.319 e. The fourth-order valence-electron chi connectivity index (χ4n) is 3.14. The third-order valence-electron chi connectivity index (χ3n) is 4.51. The number of aromatic nitrogens is 5. The highest BCUT2D eigenvalue weighted by Crippen LogP contribution is 2.32. The molecule has 3 aromatic heterocycles. The number of nitrogens with one attached hydrogen (secondary N) is 1. The number of halogens is 3. The summed E-state index contributed by atoms with van der Waals surface area (Å²) < 4.78 is 16.8. The normalized spacial score (nSPS) is 11.2. The van der Waals surface area contributed by atoms with E-state index in [9.17, 15) is 9.18 Å². The lowest BCUT2D eigenvalue weighted by Crippen LogP contribution is -2.11. The van der Waals surface area contributed by atoms with Crippen LogP contribution in [0, 0.1) is 5.82 Å². The molecule has 3 heterocycles. The number of benzene rings is 2. The molecule has 0 aliphatic carbocycles. The van der Waals surface area contributed by atoms with Crippen molar-refractivity contribution in [3.63, 3.8) is 0 Å². The number of hydrogen-bond acceptors (Lipinski definition) is 6. The van der Waals surface area contributed by atoms with Gasteiger partial charge in [0, 0.05) is 26.1 Å². The summed E-state index contributed by atoms with van der Waals surface area (Å²) in [4.78, 5) is 25.4. The Kier molecular flexibility index (Phi) is 4.95. The van der Waals surface area contributed by atoms with Gasteiger partial charge < -0.3 is 5.32 Å². The van der Waals surface area contributed by atoms with Crippen molar-refractivity contribution in [2.75, 3.05) is 5.32 Å². The summed E-state index contributed by atoms with van der Waals surface area (Å²) in [5.74, 6) is 0.208. The summed E-state index contributed by atoms with van der Waals surface area (Å²) in [5, 5.41) is 8.27. The SMILES string of the molecule is O=c1nccccc1Nc1nc2c(Br)cc(Br)cc2c2nc(-c3cccc(F)c3)nn12. The van der Waals surface area contributed by atoms with Crippen molar-refractivity contribution in [1.29, 1.82) is 0 Å². The van der Waals surface area contributed by atoms with Gasteiger partial charge in [0.15, 0.2) is 11.5 Å². The van der Waals surface area contributed by atoms with E-state index in [-0.39, 0.29) is 17.5 Å². The van der Waals surface area contributed by atoms with E-state index in [2.05, 4.69) is 57.2 Å². The predicted molar refractivity (Wildman–Crippen MR) is 123 cm³/mol. The van der Waals surface area contributed by atoms with Crippen LogP contribution in [-0.2, 0) is 0 Å². The van der Waals surface area contributed by atoms with Gasteiger partial charge in [-0.2, -0.15) is 4.52 Å². The highest BCUT2D eigenvalue weighted by molar-refractivity contribution is 9.11. The molecule has 1 N–H and O–H groups in total. The van der Waals surface area contributed by atoms with Crippen molar-refractivity contribution in [2.24, 2.45) is 0 Å². The molecule has 2 aromatic carbocycles. The summed E-state index contributed by atoms with van der Waals surface area (Å²) >= 11 is 7.02. The lowest BCUT2D eigenvalue weighted by molar-refractivity contribution is 0.628. The molecule has 0 saturated carbocycles. The molecule has 0 amide bonds. The molecule has 7 nitrogen and oxygen atoms in total. The molecule has 152 valence electrons. The number of rotatable bonds is 3. The standard InChI is InChI=1S/C21H11Br2FN6O/c22-12-9-14-17(15(23)10-12)27-21(26-16-6-1-2-7-25-20(16)31)30-19(14)28-18(29-30)11-4-3-5-13(24)8-11/h1-10H,(H,25,26,27,31). The molecular formula is C21H11Br2FN6O. The van der Waals surface area contributed by atoms with Gasteiger partial charge in [-0.3, -0.25) is 4.79 Å². The van der Waals surface area contributed by atoms with Gasteiger partial charge in [-0.15, -0.1) is 5.10 Å². The minimum absolute atomic E-state index is 0.231. The second-order valence-electron chi connectivity index (χ2n) is 6.57. The zero-order chi connectivity index (χ0) is 21.5. The summed E-state index contributed by atoms with van der Waals surface area (Å²) in [7, 11) is 0. The average Bonchev–Trinajstić information content (AvgIpc) is 3.09. The fourth-order valence-corrected chi connectivity index (χ4v) is 4.45. The Morgan fingerprint density at radius 3 is 2.71 bits per heavy atom. The average molecular weight is 542 g/mol. The van der Waals surface area contributed by atoms with Crippen molar-refractivity contribution in [3.05, 3.63) is 85.9 Å². The van der Waals surface area contributed by atoms with Crippen LogP contribution < -0.4 is 10.9 Å². The molecular weight excluding hydrogens is 531 g/mol. The zero-order valence-electron chi connectivity index (χ0n) is 15.6. The van der Waals surface area contributed by atoms with Crippen LogP contribution in [0.15, 0.2) is 74.5 Å². The molecule has 0 spiro atoms. The Morgan fingerprint density at radius 1 is 1.00 bits per heavy atom. The maximum atomic E-state index is 13.8. The third-order valence-corrected chi connectivity index (χ3v) is 5.57. The van der Waals surface area contributed by atoms with Gasteiger partial charge in [0.1, 0.15) is 11.5 Å². The van der Waals surface area contributed by atoms with Gasteiger partial charge in [0.2, 0.25) is 5.95 Å². The van der Waals surface area contributed by atoms with Gasteiger partial charge in [-0.1, -0.05) is 34.1 Å². The molecule has 0 aliphatic rings. The maximum absolute atomic E-state index is 13.8. The fraction of sp³-hybridized carbons (Fsp3) is 0. The van der Waals surface area contributed by atoms with E-state index in [4.69, 9.17) is 0 Å². The molecule has 0 saturated heterocycles. The van der Waals surface area contributed by atoms with Crippen LogP contribution in [0.25, 0.3) is 27.9 Å². The molecule has 0 radical (unpaired) electrons. The summed E-state index contributed by atoms with van der Waals surface area (Å²) in [6.45, 7) is 0. The number of hydrogen-bond donors (Lipinski definition) is 1. The molecule has 31 heavy (non-hydrogen) atoms. The van der Waals surface area contributed by atoms with E-state index in [0.717, 1.165) is 14.3 Å². The van der Waals surface area contributed by atoms with Gasteiger partial charge in [0.25, 0.3) is 5.56 Å². The maximum Gasteiger partial charge on any atom is 0.293 e. The first kappa shape index (κ1) is 19.7. The molecule has 10 heteroatoms. The Balaban J connectivity index is 1.81. The van der Waals surface area contributed by atoms with E-state index in [1.165, 1.54) is 22.8 Å². The second kappa shape index (κ2) is 7.78. The quantitative estimate of drug-likeness (QED) is 0.342. The lowest BCUT2D eigenvalue weighted by atomic mass is 10.2. The van der Waals surface area contributed by atoms with Gasteiger partial charge in [0.05, 0.1) is 5.52 Å². The minimum atomic E-state index is -0.444. The van der Waals surface area contributed by atoms with E-state index in [0.29, 0.717) is 22.6 Å². The molecule has 5 aromatic rings. The Labute approximate surface area is 191 Å². The molecule has 0 aliphatic heterocycles. The lowest BCUT2D eigenvalue weighted by Gasteiger charge is -2.09. The van der Waals surface area contributed by atoms with E-state index in [1.54, 1.807) is 30.3 Å². The van der Waals surface area contributed by atoms with Gasteiger partial charge >= 0.3 is 0 Å². The van der Waals surface area contributed by atoms with Gasteiger partial charge in [-0.05, 0) is 52.3 Å². The number of fused-ring (bicyclic) bond motifs is 3. The van der Waals surface area contributed by atoms with E-state index < -0.39 is 5.56 Å². The molecule has 0 unspecified atom stereocenters. The monoisotopic (exact) mass is 540 g/mol.